The van der Waals surface area contributed by atoms with Crippen molar-refractivity contribution in [1.82, 2.24) is 9.97 Å². The summed E-state index contributed by atoms with van der Waals surface area (Å²) >= 11 is 0. The van der Waals surface area contributed by atoms with Crippen molar-refractivity contribution < 1.29 is 4.74 Å². The molecule has 0 bridgehead atoms. The molecule has 0 aliphatic carbocycles. The zero-order chi connectivity index (χ0) is 15.1. The standard InChI is InChI=1S/C16H22N4O/c1-3-9-21-15-11-18-10-14(19-15)20-16(2,12-17)13-7-5-4-6-8-13/h4-8,10-11H,3,9,12,17H2,1-2H3,(H,19,20). The van der Waals surface area contributed by atoms with E-state index in [0.717, 1.165) is 12.0 Å². The number of ether oxygens (including phenoxy) is 1. The lowest BCUT2D eigenvalue weighted by atomic mass is 9.92. The largest absolute Gasteiger partial charge is 0.477 e. The molecule has 0 saturated heterocycles. The second-order valence-corrected chi connectivity index (χ2v) is 5.12. The molecule has 1 atom stereocenters. The maximum atomic E-state index is 5.96. The highest BCUT2D eigenvalue weighted by molar-refractivity contribution is 5.41. The molecular formula is C16H22N4O. The highest BCUT2D eigenvalue weighted by atomic mass is 16.5. The summed E-state index contributed by atoms with van der Waals surface area (Å²) in [5.41, 5.74) is 6.67. The van der Waals surface area contributed by atoms with Gasteiger partial charge in [-0.05, 0) is 18.9 Å². The third-order valence-electron chi connectivity index (χ3n) is 3.29. The molecule has 21 heavy (non-hydrogen) atoms. The Bertz CT molecular complexity index is 561. The fourth-order valence-corrected chi connectivity index (χ4v) is 2.01. The lowest BCUT2D eigenvalue weighted by Gasteiger charge is -2.30. The van der Waals surface area contributed by atoms with Gasteiger partial charge in [0.2, 0.25) is 5.88 Å². The number of nitrogens with two attached hydrogens (primary N) is 1. The van der Waals surface area contributed by atoms with E-state index in [4.69, 9.17) is 10.5 Å². The molecule has 0 fully saturated rings. The molecule has 0 aliphatic heterocycles. The van der Waals surface area contributed by atoms with E-state index in [1.54, 1.807) is 12.4 Å². The predicted octanol–water partition coefficient (Wildman–Crippen LogP) is 2.55. The molecule has 0 saturated carbocycles. The highest BCUT2D eigenvalue weighted by Gasteiger charge is 2.25. The number of rotatable bonds is 7. The van der Waals surface area contributed by atoms with Crippen LogP contribution in [0.15, 0.2) is 42.7 Å². The van der Waals surface area contributed by atoms with Crippen molar-refractivity contribution in [1.29, 1.82) is 0 Å². The lowest BCUT2D eigenvalue weighted by molar-refractivity contribution is 0.304. The summed E-state index contributed by atoms with van der Waals surface area (Å²) in [6.45, 7) is 5.17. The zero-order valence-corrected chi connectivity index (χ0v) is 12.5. The molecule has 112 valence electrons. The number of hydrogen-bond acceptors (Lipinski definition) is 5. The first-order valence-electron chi connectivity index (χ1n) is 7.16. The molecule has 0 radical (unpaired) electrons. The van der Waals surface area contributed by atoms with Crippen LogP contribution in [-0.4, -0.2) is 23.1 Å². The Morgan fingerprint density at radius 1 is 1.24 bits per heavy atom. The van der Waals surface area contributed by atoms with Gasteiger partial charge in [-0.25, -0.2) is 0 Å². The van der Waals surface area contributed by atoms with E-state index in [2.05, 4.69) is 22.2 Å². The summed E-state index contributed by atoms with van der Waals surface area (Å²) < 4.78 is 5.50. The Morgan fingerprint density at radius 2 is 2.00 bits per heavy atom. The van der Waals surface area contributed by atoms with Crippen molar-refractivity contribution in [3.05, 3.63) is 48.3 Å². The van der Waals surface area contributed by atoms with Crippen LogP contribution < -0.4 is 15.8 Å². The minimum Gasteiger partial charge on any atom is -0.477 e. The highest BCUT2D eigenvalue weighted by Crippen LogP contribution is 2.24. The van der Waals surface area contributed by atoms with Crippen LogP contribution in [0, 0.1) is 0 Å². The summed E-state index contributed by atoms with van der Waals surface area (Å²) in [5.74, 6) is 1.18. The van der Waals surface area contributed by atoms with Gasteiger partial charge in [0.05, 0.1) is 24.5 Å². The van der Waals surface area contributed by atoms with E-state index in [-0.39, 0.29) is 0 Å². The van der Waals surface area contributed by atoms with Gasteiger partial charge >= 0.3 is 0 Å². The first kappa shape index (κ1) is 15.3. The van der Waals surface area contributed by atoms with E-state index >= 15 is 0 Å². The van der Waals surface area contributed by atoms with Crippen molar-refractivity contribution >= 4 is 5.82 Å². The van der Waals surface area contributed by atoms with Crippen LogP contribution in [0.4, 0.5) is 5.82 Å². The van der Waals surface area contributed by atoms with E-state index in [0.29, 0.717) is 24.8 Å². The maximum Gasteiger partial charge on any atom is 0.234 e. The van der Waals surface area contributed by atoms with Crippen molar-refractivity contribution in [2.45, 2.75) is 25.8 Å². The van der Waals surface area contributed by atoms with Crippen molar-refractivity contribution in [2.24, 2.45) is 5.73 Å². The third-order valence-corrected chi connectivity index (χ3v) is 3.29. The molecule has 5 nitrogen and oxygen atoms in total. The van der Waals surface area contributed by atoms with E-state index in [1.165, 1.54) is 0 Å². The van der Waals surface area contributed by atoms with Crippen LogP contribution in [0.3, 0.4) is 0 Å². The second kappa shape index (κ2) is 7.04. The smallest absolute Gasteiger partial charge is 0.234 e. The average molecular weight is 286 g/mol. The summed E-state index contributed by atoms with van der Waals surface area (Å²) in [5, 5.41) is 3.36. The predicted molar refractivity (Wildman–Crippen MR) is 84.3 cm³/mol. The van der Waals surface area contributed by atoms with E-state index in [1.807, 2.05) is 37.3 Å². The van der Waals surface area contributed by atoms with E-state index in [9.17, 15) is 0 Å². The summed E-state index contributed by atoms with van der Waals surface area (Å²) in [6.07, 6.45) is 4.22. The molecule has 2 rings (SSSR count). The molecular weight excluding hydrogens is 264 g/mol. The van der Waals surface area contributed by atoms with Gasteiger partial charge < -0.3 is 15.8 Å². The SMILES string of the molecule is CCCOc1cncc(NC(C)(CN)c2ccccc2)n1. The van der Waals surface area contributed by atoms with Gasteiger partial charge in [-0.3, -0.25) is 4.98 Å². The fourth-order valence-electron chi connectivity index (χ4n) is 2.01. The first-order valence-corrected chi connectivity index (χ1v) is 7.16. The fraction of sp³-hybridized carbons (Fsp3) is 0.375. The normalized spacial score (nSPS) is 13.5. The van der Waals surface area contributed by atoms with Crippen LogP contribution in [0.2, 0.25) is 0 Å². The molecule has 0 spiro atoms. The molecule has 1 aromatic carbocycles. The van der Waals surface area contributed by atoms with Gasteiger partial charge in [-0.2, -0.15) is 4.98 Å². The van der Waals surface area contributed by atoms with Crippen LogP contribution in [0.25, 0.3) is 0 Å². The van der Waals surface area contributed by atoms with Crippen LogP contribution in [0.1, 0.15) is 25.8 Å². The van der Waals surface area contributed by atoms with Crippen molar-refractivity contribution in [3.8, 4) is 5.88 Å². The Balaban J connectivity index is 2.18. The van der Waals surface area contributed by atoms with Crippen LogP contribution >= 0.6 is 0 Å². The molecule has 1 heterocycles. The third kappa shape index (κ3) is 3.92. The van der Waals surface area contributed by atoms with E-state index < -0.39 is 5.54 Å². The summed E-state index contributed by atoms with van der Waals surface area (Å²) in [4.78, 5) is 8.58. The minimum absolute atomic E-state index is 0.403. The molecule has 3 N–H and O–H groups in total. The van der Waals surface area contributed by atoms with Gasteiger partial charge in [-0.1, -0.05) is 37.3 Å². The molecule has 0 aliphatic rings. The topological polar surface area (TPSA) is 73.1 Å². The Kier molecular flexibility index (Phi) is 5.11. The number of nitrogens with zero attached hydrogens (tertiary/aromatic N) is 2. The first-order chi connectivity index (χ1) is 10.2. The van der Waals surface area contributed by atoms with Gasteiger partial charge in [0.15, 0.2) is 0 Å². The van der Waals surface area contributed by atoms with Gasteiger partial charge in [0.1, 0.15) is 5.82 Å². The molecule has 0 amide bonds. The number of anilines is 1. The Morgan fingerprint density at radius 3 is 2.67 bits per heavy atom. The monoisotopic (exact) mass is 286 g/mol. The number of benzene rings is 1. The summed E-state index contributed by atoms with van der Waals surface area (Å²) in [6, 6.07) is 10.1. The zero-order valence-electron chi connectivity index (χ0n) is 12.5. The van der Waals surface area contributed by atoms with Crippen molar-refractivity contribution in [3.63, 3.8) is 0 Å². The Hall–Kier alpha value is -2.14. The number of aromatic nitrogens is 2. The van der Waals surface area contributed by atoms with Gasteiger partial charge in [-0.15, -0.1) is 0 Å². The van der Waals surface area contributed by atoms with Gasteiger partial charge in [0, 0.05) is 6.54 Å². The molecule has 1 aromatic heterocycles. The number of hydrogen-bond donors (Lipinski definition) is 2. The summed E-state index contributed by atoms with van der Waals surface area (Å²) in [7, 11) is 0. The maximum absolute atomic E-state index is 5.96. The quantitative estimate of drug-likeness (QED) is 0.818. The van der Waals surface area contributed by atoms with Crippen LogP contribution in [0.5, 0.6) is 5.88 Å². The average Bonchev–Trinajstić information content (AvgIpc) is 2.54. The lowest BCUT2D eigenvalue weighted by Crippen LogP contribution is -2.40. The molecule has 5 heteroatoms. The minimum atomic E-state index is -0.403. The van der Waals surface area contributed by atoms with Gasteiger partial charge in [0.25, 0.3) is 0 Å². The Labute approximate surface area is 125 Å². The van der Waals surface area contributed by atoms with Crippen LogP contribution in [-0.2, 0) is 5.54 Å². The molecule has 1 unspecified atom stereocenters. The number of nitrogens with one attached hydrogen (secondary N) is 1. The second-order valence-electron chi connectivity index (χ2n) is 5.12. The van der Waals surface area contributed by atoms with Crippen molar-refractivity contribution in [2.75, 3.05) is 18.5 Å². The molecule has 2 aromatic rings.